The first-order valence-electron chi connectivity index (χ1n) is 9.35. The highest BCUT2D eigenvalue weighted by molar-refractivity contribution is 6.36. The van der Waals surface area contributed by atoms with Crippen molar-refractivity contribution in [2.45, 2.75) is 33.6 Å². The van der Waals surface area contributed by atoms with Crippen molar-refractivity contribution < 1.29 is 23.5 Å². The lowest BCUT2D eigenvalue weighted by Crippen LogP contribution is -2.12. The molecule has 2 heterocycles. The lowest BCUT2D eigenvalue weighted by Gasteiger charge is -2.12. The van der Waals surface area contributed by atoms with E-state index < -0.39 is 11.9 Å². The molecule has 1 aromatic carbocycles. The number of aromatic nitrogens is 1. The van der Waals surface area contributed by atoms with Crippen molar-refractivity contribution in [1.82, 2.24) is 4.98 Å². The van der Waals surface area contributed by atoms with E-state index in [0.717, 1.165) is 6.07 Å². The summed E-state index contributed by atoms with van der Waals surface area (Å²) in [5.74, 6) is -1.51. The minimum absolute atomic E-state index is 0.0601. The quantitative estimate of drug-likeness (QED) is 0.435. The average Bonchev–Trinajstić information content (AvgIpc) is 2.69. The molecule has 0 radical (unpaired) electrons. The van der Waals surface area contributed by atoms with Crippen molar-refractivity contribution >= 4 is 45.4 Å². The molecule has 0 aliphatic heterocycles. The molecule has 152 valence electrons. The van der Waals surface area contributed by atoms with Gasteiger partial charge in [-0.1, -0.05) is 24.9 Å². The number of benzene rings is 1. The summed E-state index contributed by atoms with van der Waals surface area (Å²) in [5, 5.41) is 1.07. The van der Waals surface area contributed by atoms with Crippen LogP contribution in [0.5, 0.6) is 0 Å². The molecular formula is C21H20ClNO6. The van der Waals surface area contributed by atoms with Crippen molar-refractivity contribution in [3.8, 4) is 0 Å². The monoisotopic (exact) mass is 417 g/mol. The standard InChI is InChI=1S/C21H20ClNO6/c1-4-7-11-18-12(14(22)9-15(23-18)20(25)27-5-2)8-13-16(24)10-17(29-19(11)13)21(26)28-6-3/h8-10H,4-7H2,1-3H3. The van der Waals surface area contributed by atoms with E-state index in [9.17, 15) is 14.4 Å². The largest absolute Gasteiger partial charge is 0.461 e. The Morgan fingerprint density at radius 3 is 2.38 bits per heavy atom. The van der Waals surface area contributed by atoms with E-state index in [0.29, 0.717) is 29.3 Å². The van der Waals surface area contributed by atoms with Crippen molar-refractivity contribution in [2.24, 2.45) is 0 Å². The number of hydrogen-bond donors (Lipinski definition) is 0. The molecular weight excluding hydrogens is 398 g/mol. The highest BCUT2D eigenvalue weighted by Crippen LogP contribution is 2.32. The topological polar surface area (TPSA) is 95.7 Å². The molecule has 0 N–H and O–H groups in total. The molecule has 0 aliphatic carbocycles. The van der Waals surface area contributed by atoms with Gasteiger partial charge in [-0.05, 0) is 32.4 Å². The molecule has 0 fully saturated rings. The zero-order valence-corrected chi connectivity index (χ0v) is 17.1. The van der Waals surface area contributed by atoms with Gasteiger partial charge in [0.15, 0.2) is 11.1 Å². The Labute approximate surface area is 171 Å². The molecule has 0 aliphatic rings. The van der Waals surface area contributed by atoms with Crippen LogP contribution in [-0.2, 0) is 15.9 Å². The predicted octanol–water partition coefficient (Wildman–Crippen LogP) is 4.30. The number of pyridine rings is 1. The van der Waals surface area contributed by atoms with Gasteiger partial charge >= 0.3 is 11.9 Å². The zero-order chi connectivity index (χ0) is 21.1. The minimum atomic E-state index is -0.722. The van der Waals surface area contributed by atoms with Gasteiger partial charge in [0.1, 0.15) is 5.58 Å². The van der Waals surface area contributed by atoms with Gasteiger partial charge in [0.25, 0.3) is 0 Å². The number of rotatable bonds is 6. The Morgan fingerprint density at radius 1 is 1.03 bits per heavy atom. The van der Waals surface area contributed by atoms with Crippen LogP contribution in [0.2, 0.25) is 5.02 Å². The Balaban J connectivity index is 2.38. The van der Waals surface area contributed by atoms with E-state index in [1.807, 2.05) is 6.92 Å². The SMILES string of the molecule is CCCc1c2nc(C(=O)OCC)cc(Cl)c2cc2c(=O)cc(C(=O)OCC)oc12. The number of hydrogen-bond acceptors (Lipinski definition) is 7. The second-order valence-corrected chi connectivity index (χ2v) is 6.69. The zero-order valence-electron chi connectivity index (χ0n) is 16.3. The first-order valence-corrected chi connectivity index (χ1v) is 9.73. The van der Waals surface area contributed by atoms with Crippen molar-refractivity contribution in [2.75, 3.05) is 13.2 Å². The summed E-state index contributed by atoms with van der Waals surface area (Å²) in [6, 6.07) is 4.09. The van der Waals surface area contributed by atoms with Gasteiger partial charge in [-0.15, -0.1) is 0 Å². The van der Waals surface area contributed by atoms with Gasteiger partial charge in [-0.25, -0.2) is 14.6 Å². The third kappa shape index (κ3) is 3.96. The molecule has 3 aromatic rings. The second-order valence-electron chi connectivity index (χ2n) is 6.28. The van der Waals surface area contributed by atoms with E-state index >= 15 is 0 Å². The molecule has 0 spiro atoms. The van der Waals surface area contributed by atoms with E-state index in [4.69, 9.17) is 25.5 Å². The van der Waals surface area contributed by atoms with Gasteiger partial charge in [0.2, 0.25) is 5.76 Å². The molecule has 0 saturated carbocycles. The number of halogens is 1. The van der Waals surface area contributed by atoms with E-state index in [1.165, 1.54) is 6.07 Å². The first kappa shape index (κ1) is 20.8. The molecule has 0 saturated heterocycles. The smallest absolute Gasteiger partial charge is 0.374 e. The van der Waals surface area contributed by atoms with Crippen LogP contribution in [-0.4, -0.2) is 30.1 Å². The Bertz CT molecular complexity index is 1170. The molecule has 29 heavy (non-hydrogen) atoms. The van der Waals surface area contributed by atoms with E-state index in [-0.39, 0.29) is 46.1 Å². The summed E-state index contributed by atoms with van der Waals surface area (Å²) in [6.45, 7) is 5.67. The van der Waals surface area contributed by atoms with Gasteiger partial charge in [-0.3, -0.25) is 4.79 Å². The lowest BCUT2D eigenvalue weighted by atomic mass is 10.0. The number of fused-ring (bicyclic) bond motifs is 2. The summed E-state index contributed by atoms with van der Waals surface area (Å²) < 4.78 is 15.7. The third-order valence-electron chi connectivity index (χ3n) is 4.30. The Morgan fingerprint density at radius 2 is 1.72 bits per heavy atom. The molecule has 0 unspecified atom stereocenters. The summed E-state index contributed by atoms with van der Waals surface area (Å²) in [7, 11) is 0. The van der Waals surface area contributed by atoms with Crippen LogP contribution in [0.4, 0.5) is 0 Å². The number of carbonyl (C=O) groups is 2. The summed E-state index contributed by atoms with van der Waals surface area (Å²) in [5.41, 5.74) is 0.930. The van der Waals surface area contributed by atoms with Crippen molar-refractivity contribution in [1.29, 1.82) is 0 Å². The molecule has 2 aromatic heterocycles. The van der Waals surface area contributed by atoms with Crippen LogP contribution in [0.15, 0.2) is 27.4 Å². The minimum Gasteiger partial charge on any atom is -0.461 e. The van der Waals surface area contributed by atoms with E-state index in [2.05, 4.69) is 4.98 Å². The maximum Gasteiger partial charge on any atom is 0.374 e. The summed E-state index contributed by atoms with van der Waals surface area (Å²) in [4.78, 5) is 41.4. The van der Waals surface area contributed by atoms with Gasteiger partial charge < -0.3 is 13.9 Å². The van der Waals surface area contributed by atoms with Gasteiger partial charge in [-0.2, -0.15) is 0 Å². The molecule has 0 bridgehead atoms. The highest BCUT2D eigenvalue weighted by Gasteiger charge is 2.21. The first-order chi connectivity index (χ1) is 13.9. The third-order valence-corrected chi connectivity index (χ3v) is 4.61. The number of ether oxygens (including phenoxy) is 2. The van der Waals surface area contributed by atoms with Gasteiger partial charge in [0, 0.05) is 17.0 Å². The van der Waals surface area contributed by atoms with Crippen LogP contribution < -0.4 is 5.43 Å². The normalized spacial score (nSPS) is 11.0. The Kier molecular flexibility index (Phi) is 6.17. The number of aryl methyl sites for hydroxylation is 1. The fraction of sp³-hybridized carbons (Fsp3) is 0.333. The van der Waals surface area contributed by atoms with E-state index in [1.54, 1.807) is 19.9 Å². The maximum absolute atomic E-state index is 12.7. The van der Waals surface area contributed by atoms with Crippen molar-refractivity contribution in [3.63, 3.8) is 0 Å². The fourth-order valence-corrected chi connectivity index (χ4v) is 3.35. The predicted molar refractivity (Wildman–Crippen MR) is 109 cm³/mol. The average molecular weight is 418 g/mol. The molecule has 7 nitrogen and oxygen atoms in total. The van der Waals surface area contributed by atoms with Crippen molar-refractivity contribution in [3.05, 3.63) is 50.5 Å². The van der Waals surface area contributed by atoms with Crippen LogP contribution in [0.25, 0.3) is 21.9 Å². The summed E-state index contributed by atoms with van der Waals surface area (Å²) >= 11 is 6.40. The fourth-order valence-electron chi connectivity index (χ4n) is 3.10. The molecule has 0 atom stereocenters. The lowest BCUT2D eigenvalue weighted by molar-refractivity contribution is 0.0488. The number of carbonyl (C=O) groups excluding carboxylic acids is 2. The second kappa shape index (κ2) is 8.61. The van der Waals surface area contributed by atoms with Gasteiger partial charge in [0.05, 0.1) is 29.1 Å². The molecule has 8 heteroatoms. The number of nitrogens with zero attached hydrogens (tertiary/aromatic N) is 1. The highest BCUT2D eigenvalue weighted by atomic mass is 35.5. The summed E-state index contributed by atoms with van der Waals surface area (Å²) in [6.07, 6.45) is 1.21. The Hall–Kier alpha value is -2.93. The maximum atomic E-state index is 12.7. The van der Waals surface area contributed by atoms with Crippen LogP contribution in [0.1, 0.15) is 53.8 Å². The molecule has 0 amide bonds. The van der Waals surface area contributed by atoms with Crippen LogP contribution >= 0.6 is 11.6 Å². The van der Waals surface area contributed by atoms with Crippen LogP contribution in [0.3, 0.4) is 0 Å². The molecule has 3 rings (SSSR count). The van der Waals surface area contributed by atoms with Crippen LogP contribution in [0, 0.1) is 0 Å². The number of esters is 2.